The van der Waals surface area contributed by atoms with Gasteiger partial charge in [0.1, 0.15) is 0 Å². The van der Waals surface area contributed by atoms with Crippen molar-refractivity contribution in [2.45, 2.75) is 0 Å². The zero-order chi connectivity index (χ0) is 41.0. The predicted molar refractivity (Wildman–Crippen MR) is 256 cm³/mol. The molecule has 0 fully saturated rings. The molecule has 5 heteroatoms. The highest BCUT2D eigenvalue weighted by atomic mass is 15.0. The Kier molecular flexibility index (Phi) is 8.42. The van der Waals surface area contributed by atoms with Crippen LogP contribution in [0.1, 0.15) is 0 Å². The molecule has 3 aromatic heterocycles. The van der Waals surface area contributed by atoms with Crippen molar-refractivity contribution >= 4 is 43.6 Å². The molecule has 0 bridgehead atoms. The fourth-order valence-corrected chi connectivity index (χ4v) is 9.24. The number of para-hydroxylation sites is 4. The van der Waals surface area contributed by atoms with E-state index in [0.29, 0.717) is 17.5 Å². The Bertz CT molecular complexity index is 3540. The van der Waals surface area contributed by atoms with Crippen LogP contribution in [0.2, 0.25) is 0 Å². The first-order valence-electron chi connectivity index (χ1n) is 21.0. The van der Waals surface area contributed by atoms with E-state index in [4.69, 9.17) is 15.0 Å². The van der Waals surface area contributed by atoms with Crippen molar-refractivity contribution in [2.24, 2.45) is 0 Å². The standard InChI is InChI=1S/C57H37N5/c1-6-20-38(21-7-1)52-46(41-34-35-51-47(36-41)44-30-16-18-32-49(44)61(51)42-26-12-4-13-27-42)37-48-45-31-17-19-33-50(45)62(43-28-14-5-15-29-43)54(48)53(52)57-59-55(39-22-8-2-9-23-39)58-56(60-57)40-24-10-3-11-25-40/h1-37H. The Balaban J connectivity index is 1.26. The van der Waals surface area contributed by atoms with Crippen molar-refractivity contribution in [3.05, 3.63) is 224 Å². The first kappa shape index (κ1) is 35.5. The summed E-state index contributed by atoms with van der Waals surface area (Å²) in [7, 11) is 0. The first-order chi connectivity index (χ1) is 30.8. The lowest BCUT2D eigenvalue weighted by molar-refractivity contribution is 1.07. The molecule has 3 heterocycles. The maximum Gasteiger partial charge on any atom is 0.166 e. The summed E-state index contributed by atoms with van der Waals surface area (Å²) < 4.78 is 4.76. The second-order valence-corrected chi connectivity index (χ2v) is 15.6. The molecule has 0 N–H and O–H groups in total. The minimum Gasteiger partial charge on any atom is -0.309 e. The minimum atomic E-state index is 0.602. The third kappa shape index (κ3) is 5.82. The van der Waals surface area contributed by atoms with Crippen LogP contribution in [0.4, 0.5) is 0 Å². The highest BCUT2D eigenvalue weighted by Crippen LogP contribution is 2.49. The van der Waals surface area contributed by atoms with E-state index in [9.17, 15) is 0 Å². The van der Waals surface area contributed by atoms with E-state index in [-0.39, 0.29) is 0 Å². The van der Waals surface area contributed by atoms with E-state index in [1.165, 1.54) is 16.3 Å². The van der Waals surface area contributed by atoms with Gasteiger partial charge >= 0.3 is 0 Å². The van der Waals surface area contributed by atoms with Crippen LogP contribution in [0.3, 0.4) is 0 Å². The summed E-state index contributed by atoms with van der Waals surface area (Å²) in [6.45, 7) is 0. The van der Waals surface area contributed by atoms with Gasteiger partial charge in [0.25, 0.3) is 0 Å². The number of rotatable bonds is 7. The monoisotopic (exact) mass is 791 g/mol. The smallest absolute Gasteiger partial charge is 0.166 e. The van der Waals surface area contributed by atoms with Crippen LogP contribution in [0, 0.1) is 0 Å². The zero-order valence-electron chi connectivity index (χ0n) is 33.6. The summed E-state index contributed by atoms with van der Waals surface area (Å²) >= 11 is 0. The molecule has 62 heavy (non-hydrogen) atoms. The van der Waals surface area contributed by atoms with Crippen molar-refractivity contribution in [2.75, 3.05) is 0 Å². The van der Waals surface area contributed by atoms with Crippen molar-refractivity contribution in [1.82, 2.24) is 24.1 Å². The molecule has 0 atom stereocenters. The van der Waals surface area contributed by atoms with E-state index in [1.807, 2.05) is 36.4 Å². The molecule has 12 aromatic rings. The van der Waals surface area contributed by atoms with Crippen LogP contribution < -0.4 is 0 Å². The number of hydrogen-bond donors (Lipinski definition) is 0. The molecule has 0 saturated heterocycles. The molecule has 12 rings (SSSR count). The molecule has 0 spiro atoms. The van der Waals surface area contributed by atoms with Crippen molar-refractivity contribution in [3.63, 3.8) is 0 Å². The Morgan fingerprint density at radius 3 is 1.29 bits per heavy atom. The second-order valence-electron chi connectivity index (χ2n) is 15.6. The van der Waals surface area contributed by atoms with Crippen LogP contribution in [0.15, 0.2) is 224 Å². The molecule has 0 unspecified atom stereocenters. The lowest BCUT2D eigenvalue weighted by Crippen LogP contribution is -2.04. The number of benzene rings is 9. The lowest BCUT2D eigenvalue weighted by atomic mass is 9.87. The molecule has 0 amide bonds. The van der Waals surface area contributed by atoms with Gasteiger partial charge in [-0.05, 0) is 71.3 Å². The van der Waals surface area contributed by atoms with E-state index in [0.717, 1.165) is 77.6 Å². The fourth-order valence-electron chi connectivity index (χ4n) is 9.24. The third-order valence-corrected chi connectivity index (χ3v) is 12.0. The van der Waals surface area contributed by atoms with Gasteiger partial charge in [-0.1, -0.05) is 170 Å². The van der Waals surface area contributed by atoms with Gasteiger partial charge in [-0.2, -0.15) is 0 Å². The fraction of sp³-hybridized carbons (Fsp3) is 0. The average Bonchev–Trinajstić information content (AvgIpc) is 3.87. The summed E-state index contributed by atoms with van der Waals surface area (Å²) in [6, 6.07) is 79.3. The molecule has 9 aromatic carbocycles. The van der Waals surface area contributed by atoms with Gasteiger partial charge in [-0.3, -0.25) is 0 Å². The zero-order valence-corrected chi connectivity index (χ0v) is 33.6. The van der Waals surface area contributed by atoms with Crippen molar-refractivity contribution < 1.29 is 0 Å². The largest absolute Gasteiger partial charge is 0.309 e. The van der Waals surface area contributed by atoms with Gasteiger partial charge in [-0.25, -0.2) is 15.0 Å². The summed E-state index contributed by atoms with van der Waals surface area (Å²) in [4.78, 5) is 16.1. The van der Waals surface area contributed by atoms with Crippen LogP contribution in [-0.4, -0.2) is 24.1 Å². The average molecular weight is 792 g/mol. The van der Waals surface area contributed by atoms with Gasteiger partial charge < -0.3 is 9.13 Å². The maximum atomic E-state index is 5.46. The van der Waals surface area contributed by atoms with Crippen LogP contribution in [-0.2, 0) is 0 Å². The molecule has 0 saturated carbocycles. The lowest BCUT2D eigenvalue weighted by Gasteiger charge is -2.20. The maximum absolute atomic E-state index is 5.46. The normalized spacial score (nSPS) is 11.5. The predicted octanol–water partition coefficient (Wildman–Crippen LogP) is 14.4. The van der Waals surface area contributed by atoms with Crippen molar-refractivity contribution in [1.29, 1.82) is 0 Å². The summed E-state index contributed by atoms with van der Waals surface area (Å²) in [5.74, 6) is 1.83. The molecule has 5 nitrogen and oxygen atoms in total. The summed E-state index contributed by atoms with van der Waals surface area (Å²) in [5, 5.41) is 4.65. The molecule has 0 aliphatic rings. The van der Waals surface area contributed by atoms with Crippen LogP contribution >= 0.6 is 0 Å². The Hall–Kier alpha value is -8.41. The number of hydrogen-bond acceptors (Lipinski definition) is 3. The topological polar surface area (TPSA) is 48.5 Å². The van der Waals surface area contributed by atoms with Gasteiger partial charge in [0.05, 0.1) is 27.6 Å². The Morgan fingerprint density at radius 1 is 0.274 bits per heavy atom. The van der Waals surface area contributed by atoms with Gasteiger partial charge in [0.2, 0.25) is 0 Å². The molecule has 0 aliphatic heterocycles. The second kappa shape index (κ2) is 14.7. The minimum absolute atomic E-state index is 0.602. The van der Waals surface area contributed by atoms with Crippen LogP contribution in [0.5, 0.6) is 0 Å². The van der Waals surface area contributed by atoms with Gasteiger partial charge in [0, 0.05) is 49.6 Å². The molecular formula is C57H37N5. The third-order valence-electron chi connectivity index (χ3n) is 12.0. The Morgan fingerprint density at radius 2 is 0.710 bits per heavy atom. The van der Waals surface area contributed by atoms with Crippen LogP contribution in [0.25, 0.3) is 111 Å². The molecular weight excluding hydrogens is 755 g/mol. The van der Waals surface area contributed by atoms with E-state index in [2.05, 4.69) is 197 Å². The number of nitrogens with zero attached hydrogens (tertiary/aromatic N) is 5. The quantitative estimate of drug-likeness (QED) is 0.162. The molecule has 290 valence electrons. The SMILES string of the molecule is c1ccc(-c2nc(-c3ccccc3)nc(-c3c(-c4ccccc4)c(-c4ccc5c(c4)c4ccccc4n5-c4ccccc4)cc4c5ccccc5n(-c5ccccc5)c34)n2)cc1. The number of fused-ring (bicyclic) bond motifs is 6. The first-order valence-corrected chi connectivity index (χ1v) is 21.0. The van der Waals surface area contributed by atoms with E-state index < -0.39 is 0 Å². The van der Waals surface area contributed by atoms with Crippen molar-refractivity contribution in [3.8, 4) is 67.8 Å². The van der Waals surface area contributed by atoms with E-state index >= 15 is 0 Å². The summed E-state index contributed by atoms with van der Waals surface area (Å²) in [6.07, 6.45) is 0. The Labute approximate surface area is 358 Å². The van der Waals surface area contributed by atoms with E-state index in [1.54, 1.807) is 0 Å². The molecule has 0 aliphatic carbocycles. The highest BCUT2D eigenvalue weighted by Gasteiger charge is 2.27. The van der Waals surface area contributed by atoms with Gasteiger partial charge in [-0.15, -0.1) is 0 Å². The summed E-state index contributed by atoms with van der Waals surface area (Å²) in [5.41, 5.74) is 13.7. The molecule has 0 radical (unpaired) electrons. The highest BCUT2D eigenvalue weighted by molar-refractivity contribution is 6.19. The van der Waals surface area contributed by atoms with Gasteiger partial charge in [0.15, 0.2) is 17.5 Å². The number of aromatic nitrogens is 5.